The highest BCUT2D eigenvalue weighted by Gasteiger charge is 2.25. The van der Waals surface area contributed by atoms with Crippen LogP contribution < -0.4 is 0 Å². The molecule has 0 aliphatic heterocycles. The van der Waals surface area contributed by atoms with Gasteiger partial charge in [0.1, 0.15) is 0 Å². The minimum Gasteiger partial charge on any atom is -0.193 e. The lowest BCUT2D eigenvalue weighted by molar-refractivity contribution is 0.213. The van der Waals surface area contributed by atoms with E-state index in [-0.39, 0.29) is 5.41 Å². The van der Waals surface area contributed by atoms with Gasteiger partial charge in [0, 0.05) is 5.57 Å². The Balaban J connectivity index is 4.26. The van der Waals surface area contributed by atoms with E-state index in [4.69, 9.17) is 5.26 Å². The Hall–Kier alpha value is -0.770. The molecule has 74 valence electrons. The topological polar surface area (TPSA) is 23.8 Å². The van der Waals surface area contributed by atoms with Crippen molar-refractivity contribution in [1.82, 2.24) is 0 Å². The molecule has 0 bridgehead atoms. The first-order chi connectivity index (χ1) is 5.66. The van der Waals surface area contributed by atoms with Crippen LogP contribution in [0, 0.1) is 22.2 Å². The van der Waals surface area contributed by atoms with E-state index in [9.17, 15) is 0 Å². The fourth-order valence-electron chi connectivity index (χ4n) is 2.12. The zero-order valence-corrected chi connectivity index (χ0v) is 9.57. The molecule has 0 heterocycles. The van der Waals surface area contributed by atoms with Gasteiger partial charge in [0.05, 0.1) is 6.07 Å². The summed E-state index contributed by atoms with van der Waals surface area (Å²) < 4.78 is 0. The van der Waals surface area contributed by atoms with Gasteiger partial charge in [-0.05, 0) is 23.7 Å². The predicted octanol–water partition coefficient (Wildman–Crippen LogP) is 3.92. The van der Waals surface area contributed by atoms with Crippen molar-refractivity contribution in [3.63, 3.8) is 0 Å². The molecule has 0 spiro atoms. The molecule has 0 unspecified atom stereocenters. The maximum atomic E-state index is 8.65. The van der Waals surface area contributed by atoms with Gasteiger partial charge in [-0.25, -0.2) is 0 Å². The van der Waals surface area contributed by atoms with Gasteiger partial charge >= 0.3 is 0 Å². The maximum Gasteiger partial charge on any atom is 0.0941 e. The van der Waals surface area contributed by atoms with Crippen molar-refractivity contribution in [2.24, 2.45) is 10.8 Å². The molecule has 13 heavy (non-hydrogen) atoms. The van der Waals surface area contributed by atoms with E-state index >= 15 is 0 Å². The summed E-state index contributed by atoms with van der Waals surface area (Å²) >= 11 is 0. The van der Waals surface area contributed by atoms with Gasteiger partial charge in [-0.3, -0.25) is 0 Å². The average Bonchev–Trinajstić information content (AvgIpc) is 1.80. The van der Waals surface area contributed by atoms with Crippen LogP contribution in [0.3, 0.4) is 0 Å². The van der Waals surface area contributed by atoms with Crippen molar-refractivity contribution in [2.75, 3.05) is 0 Å². The summed E-state index contributed by atoms with van der Waals surface area (Å²) in [5.74, 6) is 0. The van der Waals surface area contributed by atoms with E-state index in [2.05, 4.69) is 47.3 Å². The van der Waals surface area contributed by atoms with Crippen LogP contribution >= 0.6 is 0 Å². The third-order valence-corrected chi connectivity index (χ3v) is 1.86. The van der Waals surface area contributed by atoms with Crippen LogP contribution in [0.1, 0.15) is 47.5 Å². The van der Waals surface area contributed by atoms with Crippen LogP contribution in [0.25, 0.3) is 0 Å². The molecule has 0 N–H and O–H groups in total. The molecule has 0 amide bonds. The first-order valence-electron chi connectivity index (χ1n) is 4.74. The lowest BCUT2D eigenvalue weighted by Crippen LogP contribution is -2.20. The lowest BCUT2D eigenvalue weighted by atomic mass is 9.73. The van der Waals surface area contributed by atoms with Gasteiger partial charge < -0.3 is 0 Å². The van der Waals surface area contributed by atoms with Crippen LogP contribution in [0.2, 0.25) is 0 Å². The molecule has 1 heteroatoms. The van der Waals surface area contributed by atoms with E-state index in [1.54, 1.807) is 0 Å². The Morgan fingerprint density at radius 3 is 2.00 bits per heavy atom. The molecular formula is C12H21N. The standard InChI is InChI=1S/C12H21N/c1-10(8-13)7-12(5,6)9-11(2,3)4/h1,7,9H2,2-6H3. The summed E-state index contributed by atoms with van der Waals surface area (Å²) in [6.07, 6.45) is 1.92. The minimum absolute atomic E-state index is 0.186. The first-order valence-corrected chi connectivity index (χ1v) is 4.74. The number of hydrogen-bond acceptors (Lipinski definition) is 1. The molecular weight excluding hydrogens is 158 g/mol. The second-order valence-corrected chi connectivity index (χ2v) is 5.79. The Kier molecular flexibility index (Phi) is 3.72. The molecule has 0 saturated heterocycles. The monoisotopic (exact) mass is 179 g/mol. The number of rotatable bonds is 3. The highest BCUT2D eigenvalue weighted by molar-refractivity contribution is 5.17. The molecule has 0 aromatic carbocycles. The van der Waals surface area contributed by atoms with Crippen LogP contribution in [0.4, 0.5) is 0 Å². The van der Waals surface area contributed by atoms with Crippen LogP contribution in [0.15, 0.2) is 12.2 Å². The third-order valence-electron chi connectivity index (χ3n) is 1.86. The Bertz CT molecular complexity index is 222. The number of nitriles is 1. The lowest BCUT2D eigenvalue weighted by Gasteiger charge is -2.32. The van der Waals surface area contributed by atoms with Gasteiger partial charge in [0.2, 0.25) is 0 Å². The second-order valence-electron chi connectivity index (χ2n) is 5.79. The van der Waals surface area contributed by atoms with Gasteiger partial charge in [-0.15, -0.1) is 0 Å². The molecule has 0 atom stereocenters. The molecule has 0 fully saturated rings. The van der Waals surface area contributed by atoms with Crippen LogP contribution in [-0.4, -0.2) is 0 Å². The zero-order chi connectivity index (χ0) is 10.7. The van der Waals surface area contributed by atoms with Crippen molar-refractivity contribution in [3.8, 4) is 6.07 Å². The van der Waals surface area contributed by atoms with Crippen molar-refractivity contribution < 1.29 is 0 Å². The van der Waals surface area contributed by atoms with Crippen molar-refractivity contribution in [2.45, 2.75) is 47.5 Å². The van der Waals surface area contributed by atoms with Crippen molar-refractivity contribution in [3.05, 3.63) is 12.2 Å². The highest BCUT2D eigenvalue weighted by atomic mass is 14.3. The second kappa shape index (κ2) is 3.96. The summed E-state index contributed by atoms with van der Waals surface area (Å²) in [6.45, 7) is 14.8. The fraction of sp³-hybridized carbons (Fsp3) is 0.750. The molecule has 0 aliphatic rings. The quantitative estimate of drug-likeness (QED) is 0.602. The number of hydrogen-bond donors (Lipinski definition) is 0. The summed E-state index contributed by atoms with van der Waals surface area (Å²) in [4.78, 5) is 0. The maximum absolute atomic E-state index is 8.65. The normalized spacial score (nSPS) is 12.3. The molecule has 0 rings (SSSR count). The van der Waals surface area contributed by atoms with Gasteiger partial charge in [0.25, 0.3) is 0 Å². The summed E-state index contributed by atoms with van der Waals surface area (Å²) in [6, 6.07) is 2.11. The van der Waals surface area contributed by atoms with Gasteiger partial charge in [-0.2, -0.15) is 5.26 Å². The van der Waals surface area contributed by atoms with Crippen LogP contribution in [-0.2, 0) is 0 Å². The van der Waals surface area contributed by atoms with E-state index in [1.807, 2.05) is 0 Å². The molecule has 0 aliphatic carbocycles. The van der Waals surface area contributed by atoms with Crippen LogP contribution in [0.5, 0.6) is 0 Å². The smallest absolute Gasteiger partial charge is 0.0941 e. The zero-order valence-electron chi connectivity index (χ0n) is 9.57. The largest absolute Gasteiger partial charge is 0.193 e. The van der Waals surface area contributed by atoms with E-state index in [0.717, 1.165) is 12.8 Å². The Morgan fingerprint density at radius 1 is 1.23 bits per heavy atom. The number of allylic oxidation sites excluding steroid dienone is 1. The molecule has 0 aromatic rings. The van der Waals surface area contributed by atoms with E-state index in [1.165, 1.54) is 0 Å². The molecule has 0 saturated carbocycles. The first kappa shape index (κ1) is 12.2. The SMILES string of the molecule is C=C(C#N)CC(C)(C)CC(C)(C)C. The molecule has 1 nitrogen and oxygen atoms in total. The Labute approximate surface area is 82.5 Å². The molecule has 0 aromatic heterocycles. The van der Waals surface area contributed by atoms with Gasteiger partial charge in [-0.1, -0.05) is 41.2 Å². The third kappa shape index (κ3) is 6.40. The molecule has 0 radical (unpaired) electrons. The summed E-state index contributed by atoms with van der Waals surface area (Å²) in [5.41, 5.74) is 1.19. The summed E-state index contributed by atoms with van der Waals surface area (Å²) in [7, 11) is 0. The minimum atomic E-state index is 0.186. The van der Waals surface area contributed by atoms with E-state index in [0.29, 0.717) is 11.0 Å². The van der Waals surface area contributed by atoms with Gasteiger partial charge in [0.15, 0.2) is 0 Å². The summed E-state index contributed by atoms with van der Waals surface area (Å²) in [5, 5.41) is 8.65. The fourth-order valence-corrected chi connectivity index (χ4v) is 2.12. The highest BCUT2D eigenvalue weighted by Crippen LogP contribution is 2.37. The number of nitrogens with zero attached hydrogens (tertiary/aromatic N) is 1. The average molecular weight is 179 g/mol. The predicted molar refractivity (Wildman–Crippen MR) is 57.2 cm³/mol. The van der Waals surface area contributed by atoms with E-state index < -0.39 is 0 Å². The Morgan fingerprint density at radius 2 is 1.69 bits per heavy atom. The van der Waals surface area contributed by atoms with Crippen molar-refractivity contribution in [1.29, 1.82) is 5.26 Å². The van der Waals surface area contributed by atoms with Crippen molar-refractivity contribution >= 4 is 0 Å².